The van der Waals surface area contributed by atoms with Crippen molar-refractivity contribution in [2.75, 3.05) is 7.11 Å². The lowest BCUT2D eigenvalue weighted by atomic mass is 9.81. The molecule has 1 N–H and O–H groups in total. The molecule has 3 rings (SSSR count). The molecular weight excluding hydrogens is 396 g/mol. The van der Waals surface area contributed by atoms with Crippen molar-refractivity contribution in [2.45, 2.75) is 84.3 Å². The fourth-order valence-electron chi connectivity index (χ4n) is 4.30. The molecule has 0 saturated carbocycles. The number of phenols is 1. The van der Waals surface area contributed by atoms with Crippen molar-refractivity contribution in [3.63, 3.8) is 0 Å². The second kappa shape index (κ2) is 8.93. The number of Topliss-reactive ketones (excluding diaryl/α,β-unsaturated/α-hetero) is 1. The van der Waals surface area contributed by atoms with Crippen LogP contribution in [-0.4, -0.2) is 35.7 Å². The molecule has 0 fully saturated rings. The first-order chi connectivity index (χ1) is 14.6. The lowest BCUT2D eigenvalue weighted by Crippen LogP contribution is -2.36. The van der Waals surface area contributed by atoms with Gasteiger partial charge in [0, 0.05) is 11.5 Å². The van der Waals surface area contributed by atoms with Gasteiger partial charge in [0.25, 0.3) is 0 Å². The number of benzene rings is 1. The number of hydrogen-bond acceptors (Lipinski definition) is 6. The van der Waals surface area contributed by atoms with E-state index in [1.165, 1.54) is 7.11 Å². The van der Waals surface area contributed by atoms with Gasteiger partial charge in [0.05, 0.1) is 25.0 Å². The van der Waals surface area contributed by atoms with E-state index in [0.29, 0.717) is 22.6 Å². The molecule has 0 radical (unpaired) electrons. The first-order valence-corrected chi connectivity index (χ1v) is 11.2. The van der Waals surface area contributed by atoms with Crippen molar-refractivity contribution in [3.05, 3.63) is 22.8 Å². The van der Waals surface area contributed by atoms with Gasteiger partial charge in [-0.3, -0.25) is 9.59 Å². The molecule has 0 aliphatic carbocycles. The topological polar surface area (TPSA) is 82.1 Å². The van der Waals surface area contributed by atoms with E-state index in [-0.39, 0.29) is 47.4 Å². The Morgan fingerprint density at radius 3 is 2.61 bits per heavy atom. The molecule has 31 heavy (non-hydrogen) atoms. The van der Waals surface area contributed by atoms with Crippen LogP contribution in [-0.2, 0) is 9.53 Å². The molecule has 170 valence electrons. The monoisotopic (exact) mass is 430 g/mol. The number of methoxy groups -OCH3 is 1. The van der Waals surface area contributed by atoms with E-state index in [1.807, 2.05) is 26.8 Å². The van der Waals surface area contributed by atoms with Crippen LogP contribution < -0.4 is 9.47 Å². The number of aromatic hydroxyl groups is 1. The summed E-state index contributed by atoms with van der Waals surface area (Å²) in [6.45, 7) is 9.63. The molecule has 0 aromatic heterocycles. The van der Waals surface area contributed by atoms with Crippen molar-refractivity contribution in [1.29, 1.82) is 0 Å². The van der Waals surface area contributed by atoms with Crippen molar-refractivity contribution in [2.24, 2.45) is 5.92 Å². The third-order valence-corrected chi connectivity index (χ3v) is 6.34. The number of rotatable bonds is 7. The summed E-state index contributed by atoms with van der Waals surface area (Å²) in [7, 11) is 1.37. The molecule has 3 atom stereocenters. The molecular formula is C25H34O6. The summed E-state index contributed by atoms with van der Waals surface area (Å²) < 4.78 is 17.5. The quantitative estimate of drug-likeness (QED) is 0.460. The molecule has 1 unspecified atom stereocenters. The minimum absolute atomic E-state index is 0.116. The molecule has 0 amide bonds. The van der Waals surface area contributed by atoms with Crippen molar-refractivity contribution >= 4 is 17.8 Å². The van der Waals surface area contributed by atoms with Crippen LogP contribution >= 0.6 is 0 Å². The van der Waals surface area contributed by atoms with Gasteiger partial charge in [-0.2, -0.15) is 0 Å². The average molecular weight is 431 g/mol. The van der Waals surface area contributed by atoms with Gasteiger partial charge in [-0.15, -0.1) is 0 Å². The summed E-state index contributed by atoms with van der Waals surface area (Å²) >= 11 is 0. The zero-order valence-electron chi connectivity index (χ0n) is 19.4. The van der Waals surface area contributed by atoms with E-state index >= 15 is 0 Å². The van der Waals surface area contributed by atoms with E-state index in [1.54, 1.807) is 13.0 Å². The SMILES string of the molecule is CCCCCC(CC(=O)OC)c1c2c(c(O)c3c1O[C@H](C)[C@@H](C)C3=O)C=CC(C)(C)O2. The van der Waals surface area contributed by atoms with Crippen LogP contribution in [0.15, 0.2) is 6.08 Å². The Hall–Kier alpha value is -2.50. The van der Waals surface area contributed by atoms with Crippen LogP contribution in [0.2, 0.25) is 0 Å². The first-order valence-electron chi connectivity index (χ1n) is 11.2. The number of esters is 1. The van der Waals surface area contributed by atoms with Crippen LogP contribution in [0.4, 0.5) is 0 Å². The third kappa shape index (κ3) is 4.43. The highest BCUT2D eigenvalue weighted by atomic mass is 16.5. The minimum Gasteiger partial charge on any atom is -0.506 e. The van der Waals surface area contributed by atoms with E-state index in [2.05, 4.69) is 6.92 Å². The van der Waals surface area contributed by atoms with Gasteiger partial charge in [0.15, 0.2) is 5.78 Å². The van der Waals surface area contributed by atoms with Crippen LogP contribution in [0.5, 0.6) is 17.2 Å². The number of ether oxygens (including phenoxy) is 3. The molecule has 6 heteroatoms. The van der Waals surface area contributed by atoms with E-state index in [9.17, 15) is 14.7 Å². The number of ketones is 1. The summed E-state index contributed by atoms with van der Waals surface area (Å²) in [6, 6.07) is 0. The Kier molecular flexibility index (Phi) is 6.68. The summed E-state index contributed by atoms with van der Waals surface area (Å²) in [5, 5.41) is 11.0. The number of carbonyl (C=O) groups excluding carboxylic acids is 2. The summed E-state index contributed by atoms with van der Waals surface area (Å²) in [5.41, 5.74) is 0.753. The van der Waals surface area contributed by atoms with E-state index in [0.717, 1.165) is 25.7 Å². The lowest BCUT2D eigenvalue weighted by molar-refractivity contribution is -0.141. The maximum Gasteiger partial charge on any atom is 0.306 e. The largest absolute Gasteiger partial charge is 0.506 e. The van der Waals surface area contributed by atoms with Crippen LogP contribution in [0.1, 0.15) is 94.1 Å². The highest BCUT2D eigenvalue weighted by molar-refractivity contribution is 6.06. The van der Waals surface area contributed by atoms with Gasteiger partial charge >= 0.3 is 5.97 Å². The van der Waals surface area contributed by atoms with Gasteiger partial charge in [-0.05, 0) is 39.3 Å². The van der Waals surface area contributed by atoms with Crippen LogP contribution in [0.25, 0.3) is 6.08 Å². The van der Waals surface area contributed by atoms with E-state index < -0.39 is 5.60 Å². The minimum atomic E-state index is -0.598. The number of carbonyl (C=O) groups is 2. The second-order valence-electron chi connectivity index (χ2n) is 9.20. The number of unbranched alkanes of at least 4 members (excludes halogenated alkanes) is 2. The second-order valence-corrected chi connectivity index (χ2v) is 9.20. The normalized spacial score (nSPS) is 22.1. The highest BCUT2D eigenvalue weighted by Crippen LogP contribution is 2.53. The van der Waals surface area contributed by atoms with Gasteiger partial charge in [-0.1, -0.05) is 33.1 Å². The molecule has 2 heterocycles. The standard InChI is InChI=1S/C25H34O6/c1-7-8-9-10-16(13-18(26)29-6)19-23-17(11-12-25(4,5)31-23)22(28)20-21(27)14(2)15(3)30-24(19)20/h11-12,14-16,28H,7-10,13H2,1-6H3/t14-,15-,16?/m1/s1. The fourth-order valence-corrected chi connectivity index (χ4v) is 4.30. The maximum atomic E-state index is 13.2. The highest BCUT2D eigenvalue weighted by Gasteiger charge is 2.42. The Morgan fingerprint density at radius 2 is 1.97 bits per heavy atom. The predicted molar refractivity (Wildman–Crippen MR) is 119 cm³/mol. The molecule has 0 saturated heterocycles. The Bertz CT molecular complexity index is 898. The zero-order valence-corrected chi connectivity index (χ0v) is 19.4. The zero-order chi connectivity index (χ0) is 22.9. The van der Waals surface area contributed by atoms with Crippen molar-refractivity contribution < 1.29 is 28.9 Å². The summed E-state index contributed by atoms with van der Waals surface area (Å²) in [4.78, 5) is 25.5. The van der Waals surface area contributed by atoms with Crippen molar-refractivity contribution in [3.8, 4) is 17.2 Å². The van der Waals surface area contributed by atoms with Crippen LogP contribution in [0.3, 0.4) is 0 Å². The molecule has 0 spiro atoms. The molecule has 6 nitrogen and oxygen atoms in total. The third-order valence-electron chi connectivity index (χ3n) is 6.34. The Balaban J connectivity index is 2.26. The van der Waals surface area contributed by atoms with E-state index in [4.69, 9.17) is 14.2 Å². The van der Waals surface area contributed by atoms with Gasteiger partial charge in [-0.25, -0.2) is 0 Å². The van der Waals surface area contributed by atoms with Gasteiger partial charge < -0.3 is 19.3 Å². The molecule has 0 bridgehead atoms. The molecule has 1 aromatic carbocycles. The maximum absolute atomic E-state index is 13.2. The summed E-state index contributed by atoms with van der Waals surface area (Å²) in [6.07, 6.45) is 7.18. The predicted octanol–water partition coefficient (Wildman–Crippen LogP) is 5.40. The van der Waals surface area contributed by atoms with Crippen molar-refractivity contribution in [1.82, 2.24) is 0 Å². The number of fused-ring (bicyclic) bond motifs is 2. The Labute approximate surface area is 184 Å². The smallest absolute Gasteiger partial charge is 0.306 e. The lowest BCUT2D eigenvalue weighted by Gasteiger charge is -2.37. The molecule has 2 aliphatic rings. The molecule has 2 aliphatic heterocycles. The molecule has 1 aromatic rings. The first kappa shape index (κ1) is 23.2. The Morgan fingerprint density at radius 1 is 1.26 bits per heavy atom. The van der Waals surface area contributed by atoms with Crippen LogP contribution in [0, 0.1) is 5.92 Å². The average Bonchev–Trinajstić information content (AvgIpc) is 2.71. The number of phenolic OH excluding ortho intramolecular Hbond substituents is 1. The van der Waals surface area contributed by atoms with Gasteiger partial charge in [0.2, 0.25) is 0 Å². The summed E-state index contributed by atoms with van der Waals surface area (Å²) in [5.74, 6) is -0.391. The fraction of sp³-hybridized carbons (Fsp3) is 0.600. The van der Waals surface area contributed by atoms with Gasteiger partial charge in [0.1, 0.15) is 34.5 Å². The number of hydrogen-bond donors (Lipinski definition) is 1.